The molecule has 0 amide bonds. The number of rotatable bonds is 4. The number of ether oxygens (including phenoxy) is 1. The lowest BCUT2D eigenvalue weighted by atomic mass is 9.85. The minimum Gasteiger partial charge on any atom is -0.485 e. The summed E-state index contributed by atoms with van der Waals surface area (Å²) in [4.78, 5) is 5.12. The lowest BCUT2D eigenvalue weighted by Gasteiger charge is -2.45. The zero-order valence-corrected chi connectivity index (χ0v) is 13.0. The minimum absolute atomic E-state index is 0.171. The van der Waals surface area contributed by atoms with E-state index in [0.717, 1.165) is 0 Å². The second-order valence-corrected chi connectivity index (χ2v) is 5.77. The van der Waals surface area contributed by atoms with Gasteiger partial charge in [0.25, 0.3) is 0 Å². The summed E-state index contributed by atoms with van der Waals surface area (Å²) in [5, 5.41) is 37.8. The molecule has 0 bridgehead atoms. The third-order valence-electron chi connectivity index (χ3n) is 3.82. The van der Waals surface area contributed by atoms with Crippen molar-refractivity contribution < 1.29 is 14.9 Å². The molecule has 0 saturated carbocycles. The van der Waals surface area contributed by atoms with E-state index in [1.807, 2.05) is 0 Å². The fraction of sp³-hybridized carbons (Fsp3) is 0.438. The van der Waals surface area contributed by atoms with Gasteiger partial charge in [-0.25, -0.2) is 0 Å². The minimum atomic E-state index is -0.944. The molecule has 0 spiro atoms. The molecule has 0 saturated heterocycles. The van der Waals surface area contributed by atoms with E-state index in [9.17, 15) is 10.2 Å². The lowest BCUT2D eigenvalue weighted by molar-refractivity contribution is -0.0818. The first kappa shape index (κ1) is 16.8. The molecule has 7 nitrogen and oxygen atoms in total. The molecule has 1 aromatic carbocycles. The van der Waals surface area contributed by atoms with Gasteiger partial charge < -0.3 is 19.8 Å². The predicted octanol–water partition coefficient (Wildman–Crippen LogP) is 0.935. The van der Waals surface area contributed by atoms with Crippen molar-refractivity contribution in [3.8, 4) is 18.0 Å². The topological polar surface area (TPSA) is 113 Å². The second kappa shape index (κ2) is 6.66. The molecule has 0 aliphatic carbocycles. The maximum Gasteiger partial charge on any atom is 0.207 e. The molecule has 2 atom stereocenters. The number of aliphatic imine (C=N–C) groups is 1. The Morgan fingerprint density at radius 2 is 2.17 bits per heavy atom. The van der Waals surface area contributed by atoms with Crippen LogP contribution in [0.2, 0.25) is 0 Å². The molecule has 0 radical (unpaired) electrons. The van der Waals surface area contributed by atoms with Crippen LogP contribution in [0.25, 0.3) is 0 Å². The Hall–Kier alpha value is -2.61. The van der Waals surface area contributed by atoms with Gasteiger partial charge in [0, 0.05) is 12.1 Å². The van der Waals surface area contributed by atoms with Crippen molar-refractivity contribution in [2.75, 3.05) is 13.2 Å². The van der Waals surface area contributed by atoms with Crippen molar-refractivity contribution in [3.05, 3.63) is 29.3 Å². The van der Waals surface area contributed by atoms with E-state index in [2.05, 4.69) is 11.1 Å². The van der Waals surface area contributed by atoms with Crippen LogP contribution in [0.15, 0.2) is 23.2 Å². The number of fused-ring (bicyclic) bond motifs is 1. The van der Waals surface area contributed by atoms with Gasteiger partial charge in [-0.3, -0.25) is 0 Å². The average Bonchev–Trinajstić information content (AvgIpc) is 2.52. The Balaban J connectivity index is 2.57. The fourth-order valence-corrected chi connectivity index (χ4v) is 2.68. The number of nitriles is 2. The number of benzene rings is 1. The molecule has 1 aromatic rings. The molecule has 23 heavy (non-hydrogen) atoms. The Morgan fingerprint density at radius 3 is 2.78 bits per heavy atom. The van der Waals surface area contributed by atoms with Crippen molar-refractivity contribution in [2.45, 2.75) is 31.6 Å². The van der Waals surface area contributed by atoms with Crippen molar-refractivity contribution in [1.29, 1.82) is 10.5 Å². The maximum absolute atomic E-state index is 10.7. The third-order valence-corrected chi connectivity index (χ3v) is 3.82. The van der Waals surface area contributed by atoms with Gasteiger partial charge in [-0.15, -0.1) is 0 Å². The summed E-state index contributed by atoms with van der Waals surface area (Å²) < 4.78 is 5.84. The van der Waals surface area contributed by atoms with Crippen LogP contribution in [0, 0.1) is 22.8 Å². The van der Waals surface area contributed by atoms with Gasteiger partial charge in [-0.2, -0.15) is 15.5 Å². The zero-order chi connectivity index (χ0) is 17.0. The highest BCUT2D eigenvalue weighted by molar-refractivity contribution is 5.59. The summed E-state index contributed by atoms with van der Waals surface area (Å²) in [5.74, 6) is 0.553. The normalized spacial score (nSPS) is 21.8. The standard InChI is InChI=1S/C16H18N4O3/c1-16(2)15(22)14(20(5-6-21)10-19-9-18)12-7-11(8-17)3-4-13(12)23-16/h3-4,7,10,14-15,21-22H,5-6H2,1-2H3. The predicted molar refractivity (Wildman–Crippen MR) is 82.5 cm³/mol. The van der Waals surface area contributed by atoms with Gasteiger partial charge >= 0.3 is 0 Å². The lowest BCUT2D eigenvalue weighted by Crippen LogP contribution is -2.53. The molecule has 1 aliphatic heterocycles. The van der Waals surface area contributed by atoms with Gasteiger partial charge in [0.05, 0.1) is 24.3 Å². The third kappa shape index (κ3) is 3.26. The van der Waals surface area contributed by atoms with E-state index in [0.29, 0.717) is 16.9 Å². The number of aliphatic hydroxyl groups is 2. The molecule has 2 N–H and O–H groups in total. The van der Waals surface area contributed by atoms with E-state index >= 15 is 0 Å². The molecule has 0 aromatic heterocycles. The molecular weight excluding hydrogens is 296 g/mol. The molecule has 1 aliphatic rings. The monoisotopic (exact) mass is 314 g/mol. The molecule has 0 fully saturated rings. The summed E-state index contributed by atoms with van der Waals surface area (Å²) in [6.07, 6.45) is 2.00. The Labute approximate surface area is 134 Å². The summed E-state index contributed by atoms with van der Waals surface area (Å²) in [7, 11) is 0. The van der Waals surface area contributed by atoms with E-state index in [1.165, 1.54) is 6.34 Å². The summed E-state index contributed by atoms with van der Waals surface area (Å²) in [6.45, 7) is 3.52. The Bertz CT molecular complexity index is 688. The highest BCUT2D eigenvalue weighted by Gasteiger charge is 2.45. The number of aliphatic hydroxyl groups excluding tert-OH is 2. The number of hydrogen-bond donors (Lipinski definition) is 2. The number of hydrogen-bond acceptors (Lipinski definition) is 6. The van der Waals surface area contributed by atoms with Gasteiger partial charge in [0.1, 0.15) is 23.8 Å². The molecular formula is C16H18N4O3. The van der Waals surface area contributed by atoms with E-state index < -0.39 is 17.7 Å². The highest BCUT2D eigenvalue weighted by Crippen LogP contribution is 2.42. The molecule has 2 unspecified atom stereocenters. The van der Waals surface area contributed by atoms with Crippen LogP contribution < -0.4 is 4.74 Å². The molecule has 120 valence electrons. The zero-order valence-electron chi connectivity index (χ0n) is 13.0. The first-order valence-electron chi connectivity index (χ1n) is 7.14. The maximum atomic E-state index is 10.7. The molecule has 2 rings (SSSR count). The van der Waals surface area contributed by atoms with Gasteiger partial charge in [0.2, 0.25) is 6.19 Å². The van der Waals surface area contributed by atoms with Crippen LogP contribution >= 0.6 is 0 Å². The van der Waals surface area contributed by atoms with E-state index in [-0.39, 0.29) is 13.2 Å². The van der Waals surface area contributed by atoms with Gasteiger partial charge in [-0.05, 0) is 32.0 Å². The van der Waals surface area contributed by atoms with E-state index in [4.69, 9.17) is 15.3 Å². The Morgan fingerprint density at radius 1 is 1.43 bits per heavy atom. The van der Waals surface area contributed by atoms with Gasteiger partial charge in [-0.1, -0.05) is 0 Å². The summed E-state index contributed by atoms with van der Waals surface area (Å²) in [5.41, 5.74) is 0.180. The van der Waals surface area contributed by atoms with Crippen LogP contribution in [0.1, 0.15) is 31.0 Å². The molecule has 1 heterocycles. The largest absolute Gasteiger partial charge is 0.485 e. The summed E-state index contributed by atoms with van der Waals surface area (Å²) >= 11 is 0. The van der Waals surface area contributed by atoms with Crippen molar-refractivity contribution in [2.24, 2.45) is 4.99 Å². The van der Waals surface area contributed by atoms with E-state index in [1.54, 1.807) is 43.1 Å². The average molecular weight is 314 g/mol. The van der Waals surface area contributed by atoms with Crippen LogP contribution in [-0.2, 0) is 0 Å². The number of nitrogens with zero attached hydrogens (tertiary/aromatic N) is 4. The van der Waals surface area contributed by atoms with Gasteiger partial charge in [0.15, 0.2) is 0 Å². The quantitative estimate of drug-likeness (QED) is 0.486. The van der Waals surface area contributed by atoms with Crippen LogP contribution in [0.4, 0.5) is 0 Å². The van der Waals surface area contributed by atoms with Crippen molar-refractivity contribution >= 4 is 6.34 Å². The van der Waals surface area contributed by atoms with Crippen LogP contribution in [0.5, 0.6) is 5.75 Å². The first-order valence-corrected chi connectivity index (χ1v) is 7.14. The summed E-state index contributed by atoms with van der Waals surface area (Å²) in [6, 6.07) is 6.44. The second-order valence-electron chi connectivity index (χ2n) is 5.77. The first-order chi connectivity index (χ1) is 10.9. The SMILES string of the molecule is CC1(C)Oc2ccc(C#N)cc2C(N(C=NC#N)CCO)C1O. The molecule has 7 heteroatoms. The Kier molecular flexibility index (Phi) is 4.85. The fourth-order valence-electron chi connectivity index (χ4n) is 2.68. The smallest absolute Gasteiger partial charge is 0.207 e. The van der Waals surface area contributed by atoms with Crippen LogP contribution in [-0.4, -0.2) is 46.3 Å². The van der Waals surface area contributed by atoms with Crippen LogP contribution in [0.3, 0.4) is 0 Å². The van der Waals surface area contributed by atoms with Crippen molar-refractivity contribution in [3.63, 3.8) is 0 Å². The van der Waals surface area contributed by atoms with Crippen molar-refractivity contribution in [1.82, 2.24) is 4.90 Å². The highest BCUT2D eigenvalue weighted by atomic mass is 16.5.